The minimum atomic E-state index is -0.932. The van der Waals surface area contributed by atoms with E-state index in [9.17, 15) is 9.90 Å². The molecule has 0 aliphatic rings. The Bertz CT molecular complexity index is 822. The van der Waals surface area contributed by atoms with Gasteiger partial charge < -0.3 is 24.0 Å². The molecule has 3 rings (SSSR count). The first-order chi connectivity index (χ1) is 12.2. The highest BCUT2D eigenvalue weighted by atomic mass is 16.5. The van der Waals surface area contributed by atoms with E-state index >= 15 is 0 Å². The van der Waals surface area contributed by atoms with Crippen molar-refractivity contribution in [2.24, 2.45) is 0 Å². The fourth-order valence-electron chi connectivity index (χ4n) is 2.42. The van der Waals surface area contributed by atoms with Crippen molar-refractivity contribution in [2.45, 2.75) is 12.5 Å². The number of carbonyl (C=O) groups is 1. The first-order valence-electron chi connectivity index (χ1n) is 7.87. The van der Waals surface area contributed by atoms with E-state index in [4.69, 9.17) is 13.6 Å². The molecule has 6 nitrogen and oxygen atoms in total. The molecule has 1 aromatic carbocycles. The highest BCUT2D eigenvalue weighted by Crippen LogP contribution is 2.25. The number of carbonyl (C=O) groups excluding carboxylic acids is 1. The van der Waals surface area contributed by atoms with Gasteiger partial charge in [0.05, 0.1) is 26.3 Å². The van der Waals surface area contributed by atoms with Crippen molar-refractivity contribution >= 4 is 5.91 Å². The largest absolute Gasteiger partial charge is 0.497 e. The van der Waals surface area contributed by atoms with E-state index in [-0.39, 0.29) is 18.9 Å². The van der Waals surface area contributed by atoms with Gasteiger partial charge in [-0.1, -0.05) is 12.1 Å². The predicted molar refractivity (Wildman–Crippen MR) is 91.1 cm³/mol. The van der Waals surface area contributed by atoms with Crippen LogP contribution >= 0.6 is 0 Å². The van der Waals surface area contributed by atoms with Gasteiger partial charge in [0.15, 0.2) is 11.5 Å². The summed E-state index contributed by atoms with van der Waals surface area (Å²) in [5.74, 6) is 1.99. The van der Waals surface area contributed by atoms with Crippen LogP contribution in [0.3, 0.4) is 0 Å². The molecule has 2 N–H and O–H groups in total. The van der Waals surface area contributed by atoms with Crippen molar-refractivity contribution in [2.75, 3.05) is 13.7 Å². The number of aliphatic hydroxyl groups excluding tert-OH is 1. The molecule has 25 heavy (non-hydrogen) atoms. The summed E-state index contributed by atoms with van der Waals surface area (Å²) in [5.41, 5.74) is 0.837. The third-order valence-electron chi connectivity index (χ3n) is 3.71. The number of methoxy groups -OCH3 is 1. The van der Waals surface area contributed by atoms with Gasteiger partial charge in [0.25, 0.3) is 0 Å². The van der Waals surface area contributed by atoms with E-state index in [1.807, 2.05) is 18.2 Å². The Morgan fingerprint density at radius 3 is 2.84 bits per heavy atom. The zero-order chi connectivity index (χ0) is 17.6. The summed E-state index contributed by atoms with van der Waals surface area (Å²) < 4.78 is 15.9. The number of furan rings is 2. The van der Waals surface area contributed by atoms with E-state index in [0.29, 0.717) is 23.0 Å². The molecule has 0 spiro atoms. The van der Waals surface area contributed by atoms with Crippen molar-refractivity contribution in [1.29, 1.82) is 0 Å². The van der Waals surface area contributed by atoms with Crippen LogP contribution in [0.5, 0.6) is 5.75 Å². The molecule has 0 saturated carbocycles. The second kappa shape index (κ2) is 7.72. The van der Waals surface area contributed by atoms with Crippen LogP contribution in [0.2, 0.25) is 0 Å². The highest BCUT2D eigenvalue weighted by molar-refractivity contribution is 5.78. The van der Waals surface area contributed by atoms with Gasteiger partial charge in [0, 0.05) is 0 Å². The summed E-state index contributed by atoms with van der Waals surface area (Å²) in [6.07, 6.45) is 0.824. The van der Waals surface area contributed by atoms with E-state index in [0.717, 1.165) is 5.56 Å². The molecule has 0 aliphatic carbocycles. The van der Waals surface area contributed by atoms with E-state index in [2.05, 4.69) is 5.32 Å². The first-order valence-corrected chi connectivity index (χ1v) is 7.87. The summed E-state index contributed by atoms with van der Waals surface area (Å²) in [7, 11) is 1.58. The molecule has 1 unspecified atom stereocenters. The van der Waals surface area contributed by atoms with Crippen LogP contribution < -0.4 is 10.1 Å². The molecule has 6 heteroatoms. The average Bonchev–Trinajstić information content (AvgIpc) is 3.31. The number of benzene rings is 1. The van der Waals surface area contributed by atoms with Crippen LogP contribution in [0.15, 0.2) is 63.6 Å². The van der Waals surface area contributed by atoms with Gasteiger partial charge in [-0.2, -0.15) is 0 Å². The molecular weight excluding hydrogens is 322 g/mol. The highest BCUT2D eigenvalue weighted by Gasteiger charge is 2.15. The SMILES string of the molecule is COc1cccc(CC(=O)NCC(O)c2ccc(-c3ccco3)o2)c1. The lowest BCUT2D eigenvalue weighted by Gasteiger charge is -2.10. The number of rotatable bonds is 7. The Hall–Kier alpha value is -2.99. The van der Waals surface area contributed by atoms with E-state index < -0.39 is 6.10 Å². The van der Waals surface area contributed by atoms with Crippen LogP contribution in [0.4, 0.5) is 0 Å². The molecule has 1 atom stereocenters. The van der Waals surface area contributed by atoms with Gasteiger partial charge >= 0.3 is 0 Å². The fraction of sp³-hybridized carbons (Fsp3) is 0.211. The van der Waals surface area contributed by atoms with E-state index in [1.54, 1.807) is 43.7 Å². The molecule has 0 aliphatic heterocycles. The van der Waals surface area contributed by atoms with Crippen molar-refractivity contribution in [1.82, 2.24) is 5.32 Å². The molecular formula is C19H19NO5. The number of ether oxygens (including phenoxy) is 1. The summed E-state index contributed by atoms with van der Waals surface area (Å²) in [6.45, 7) is 0.0634. The van der Waals surface area contributed by atoms with Crippen LogP contribution in [-0.2, 0) is 11.2 Å². The van der Waals surface area contributed by atoms with Crippen LogP contribution in [0, 0.1) is 0 Å². The van der Waals surface area contributed by atoms with E-state index in [1.165, 1.54) is 0 Å². The molecule has 2 aromatic heterocycles. The van der Waals surface area contributed by atoms with Gasteiger partial charge in [-0.3, -0.25) is 4.79 Å². The number of amides is 1. The summed E-state index contributed by atoms with van der Waals surface area (Å²) in [6, 6.07) is 14.2. The van der Waals surface area contributed by atoms with Crippen LogP contribution in [-0.4, -0.2) is 24.7 Å². The number of aliphatic hydroxyl groups is 1. The van der Waals surface area contributed by atoms with Gasteiger partial charge in [-0.25, -0.2) is 0 Å². The summed E-state index contributed by atoms with van der Waals surface area (Å²) in [4.78, 5) is 12.0. The zero-order valence-electron chi connectivity index (χ0n) is 13.8. The lowest BCUT2D eigenvalue weighted by atomic mass is 10.1. The normalized spacial score (nSPS) is 11.9. The maximum absolute atomic E-state index is 12.0. The van der Waals surface area contributed by atoms with Gasteiger partial charge in [-0.05, 0) is 42.0 Å². The second-order valence-electron chi connectivity index (χ2n) is 5.53. The molecule has 0 fully saturated rings. The molecule has 130 valence electrons. The van der Waals surface area contributed by atoms with Gasteiger partial charge in [0.2, 0.25) is 5.91 Å². The fourth-order valence-corrected chi connectivity index (χ4v) is 2.42. The molecule has 0 saturated heterocycles. The number of nitrogens with one attached hydrogen (secondary N) is 1. The zero-order valence-corrected chi connectivity index (χ0v) is 13.8. The summed E-state index contributed by atoms with van der Waals surface area (Å²) in [5, 5.41) is 12.9. The Morgan fingerprint density at radius 1 is 1.20 bits per heavy atom. The third kappa shape index (κ3) is 4.30. The lowest BCUT2D eigenvalue weighted by molar-refractivity contribution is -0.120. The predicted octanol–water partition coefficient (Wildman–Crippen LogP) is 2.94. The molecule has 0 bridgehead atoms. The smallest absolute Gasteiger partial charge is 0.224 e. The third-order valence-corrected chi connectivity index (χ3v) is 3.71. The van der Waals surface area contributed by atoms with Crippen molar-refractivity contribution in [3.05, 3.63) is 66.1 Å². The quantitative estimate of drug-likeness (QED) is 0.690. The van der Waals surface area contributed by atoms with Gasteiger partial charge in [-0.15, -0.1) is 0 Å². The average molecular weight is 341 g/mol. The molecule has 3 aromatic rings. The minimum Gasteiger partial charge on any atom is -0.497 e. The Morgan fingerprint density at radius 2 is 2.08 bits per heavy atom. The topological polar surface area (TPSA) is 84.8 Å². The first kappa shape index (κ1) is 16.9. The lowest BCUT2D eigenvalue weighted by Crippen LogP contribution is -2.29. The Kier molecular flexibility index (Phi) is 5.20. The molecule has 0 radical (unpaired) electrons. The van der Waals surface area contributed by atoms with Crippen molar-refractivity contribution in [3.63, 3.8) is 0 Å². The van der Waals surface area contributed by atoms with Crippen molar-refractivity contribution in [3.8, 4) is 17.3 Å². The summed E-state index contributed by atoms with van der Waals surface area (Å²) >= 11 is 0. The van der Waals surface area contributed by atoms with Crippen LogP contribution in [0.1, 0.15) is 17.4 Å². The molecule has 1 amide bonds. The second-order valence-corrected chi connectivity index (χ2v) is 5.53. The minimum absolute atomic E-state index is 0.0634. The maximum atomic E-state index is 12.0. The molecule has 2 heterocycles. The number of hydrogen-bond donors (Lipinski definition) is 2. The maximum Gasteiger partial charge on any atom is 0.224 e. The van der Waals surface area contributed by atoms with Crippen molar-refractivity contribution < 1.29 is 23.5 Å². The standard InChI is InChI=1S/C19H19NO5/c1-23-14-5-2-4-13(10-14)11-19(22)20-12-15(21)16-7-8-18(25-16)17-6-3-9-24-17/h2-10,15,21H,11-12H2,1H3,(H,20,22). The number of hydrogen-bond acceptors (Lipinski definition) is 5. The Labute approximate surface area is 145 Å². The van der Waals surface area contributed by atoms with Gasteiger partial charge in [0.1, 0.15) is 17.6 Å². The monoisotopic (exact) mass is 341 g/mol. The van der Waals surface area contributed by atoms with Crippen LogP contribution in [0.25, 0.3) is 11.5 Å². The Balaban J connectivity index is 1.53.